The molecule has 2 heterocycles. The fraction of sp³-hybridized carbons (Fsp3) is 0.476. The van der Waals surface area contributed by atoms with E-state index in [1.807, 2.05) is 0 Å². The average molecular weight is 357 g/mol. The van der Waals surface area contributed by atoms with E-state index in [1.54, 1.807) is 12.1 Å². The van der Waals surface area contributed by atoms with Crippen LogP contribution in [0.4, 0.5) is 4.39 Å². The summed E-state index contributed by atoms with van der Waals surface area (Å²) < 4.78 is 15.1. The molecule has 26 heavy (non-hydrogen) atoms. The van der Waals surface area contributed by atoms with E-state index >= 15 is 0 Å². The molecule has 4 nitrogen and oxygen atoms in total. The first-order chi connectivity index (χ1) is 12.6. The number of nitrogens with one attached hydrogen (secondary N) is 1. The molecule has 0 radical (unpaired) electrons. The van der Waals surface area contributed by atoms with Crippen LogP contribution in [0.25, 0.3) is 0 Å². The van der Waals surface area contributed by atoms with Crippen molar-refractivity contribution in [2.24, 2.45) is 7.05 Å². The Bertz CT molecular complexity index is 702. The molecule has 0 unspecified atom stereocenters. The van der Waals surface area contributed by atoms with Crippen LogP contribution < -0.4 is 5.32 Å². The standard InChI is InChI=1S/C21H28FN3O/c1-24-12-6-7-19(24)20(25-13-4-2-3-5-14-25)16-23-21(26)15-17-8-10-18(22)11-9-17/h6-12,20H,2-5,13-16H2,1H3,(H,23,26)/t20-/m1/s1. The predicted molar refractivity (Wildman–Crippen MR) is 101 cm³/mol. The number of benzene rings is 1. The van der Waals surface area contributed by atoms with Crippen LogP contribution in [0.2, 0.25) is 0 Å². The quantitative estimate of drug-likeness (QED) is 0.860. The van der Waals surface area contributed by atoms with Crippen molar-refractivity contribution >= 4 is 5.91 Å². The zero-order chi connectivity index (χ0) is 18.4. The molecule has 1 fully saturated rings. The average Bonchev–Trinajstić information content (AvgIpc) is 2.88. The second kappa shape index (κ2) is 8.99. The summed E-state index contributed by atoms with van der Waals surface area (Å²) in [6, 6.07) is 10.5. The molecular weight excluding hydrogens is 329 g/mol. The largest absolute Gasteiger partial charge is 0.354 e. The minimum atomic E-state index is -0.279. The number of hydrogen-bond donors (Lipinski definition) is 1. The first-order valence-electron chi connectivity index (χ1n) is 9.50. The maximum absolute atomic E-state index is 13.0. The van der Waals surface area contributed by atoms with Gasteiger partial charge in [0.2, 0.25) is 5.91 Å². The number of aryl methyl sites for hydroxylation is 1. The Morgan fingerprint density at radius 3 is 2.42 bits per heavy atom. The molecule has 1 aliphatic rings. The van der Waals surface area contributed by atoms with Gasteiger partial charge in [-0.3, -0.25) is 9.69 Å². The van der Waals surface area contributed by atoms with E-state index in [4.69, 9.17) is 0 Å². The van der Waals surface area contributed by atoms with Crippen LogP contribution >= 0.6 is 0 Å². The number of likely N-dealkylation sites (tertiary alicyclic amines) is 1. The number of rotatable bonds is 6. The van der Waals surface area contributed by atoms with Gasteiger partial charge in [-0.25, -0.2) is 4.39 Å². The Hall–Kier alpha value is -2.14. The van der Waals surface area contributed by atoms with Crippen molar-refractivity contribution in [2.45, 2.75) is 38.1 Å². The summed E-state index contributed by atoms with van der Waals surface area (Å²) in [6.45, 7) is 2.74. The fourth-order valence-electron chi connectivity index (χ4n) is 3.71. The molecule has 1 N–H and O–H groups in total. The number of aromatic nitrogens is 1. The van der Waals surface area contributed by atoms with Crippen LogP contribution in [0, 0.1) is 5.82 Å². The minimum absolute atomic E-state index is 0.0226. The van der Waals surface area contributed by atoms with Gasteiger partial charge < -0.3 is 9.88 Å². The highest BCUT2D eigenvalue weighted by Gasteiger charge is 2.23. The van der Waals surface area contributed by atoms with E-state index in [9.17, 15) is 9.18 Å². The second-order valence-electron chi connectivity index (χ2n) is 7.12. The van der Waals surface area contributed by atoms with Crippen LogP contribution in [-0.4, -0.2) is 35.0 Å². The third kappa shape index (κ3) is 4.94. The first-order valence-corrected chi connectivity index (χ1v) is 9.50. The molecule has 0 spiro atoms. The Kier molecular flexibility index (Phi) is 6.45. The second-order valence-corrected chi connectivity index (χ2v) is 7.12. The molecule has 5 heteroatoms. The lowest BCUT2D eigenvalue weighted by atomic mass is 10.1. The number of nitrogens with zero attached hydrogens (tertiary/aromatic N) is 2. The van der Waals surface area contributed by atoms with Crippen molar-refractivity contribution in [2.75, 3.05) is 19.6 Å². The molecule has 1 aliphatic heterocycles. The molecule has 1 aromatic heterocycles. The van der Waals surface area contributed by atoms with E-state index in [-0.39, 0.29) is 24.2 Å². The van der Waals surface area contributed by atoms with Crippen molar-refractivity contribution < 1.29 is 9.18 Å². The SMILES string of the molecule is Cn1cccc1[C@@H](CNC(=O)Cc1ccc(F)cc1)N1CCCCCC1. The zero-order valence-electron chi connectivity index (χ0n) is 15.5. The summed E-state index contributed by atoms with van der Waals surface area (Å²) in [5.41, 5.74) is 2.06. The number of carbonyl (C=O) groups excluding carboxylic acids is 1. The third-order valence-electron chi connectivity index (χ3n) is 5.18. The Balaban J connectivity index is 1.64. The van der Waals surface area contributed by atoms with Gasteiger partial charge in [0.05, 0.1) is 12.5 Å². The molecule has 1 atom stereocenters. The molecule has 1 aromatic carbocycles. The van der Waals surface area contributed by atoms with Crippen molar-refractivity contribution in [3.63, 3.8) is 0 Å². The Morgan fingerprint density at radius 2 is 1.81 bits per heavy atom. The maximum Gasteiger partial charge on any atom is 0.224 e. The van der Waals surface area contributed by atoms with Gasteiger partial charge in [0.15, 0.2) is 0 Å². The van der Waals surface area contributed by atoms with Gasteiger partial charge in [-0.15, -0.1) is 0 Å². The van der Waals surface area contributed by atoms with Gasteiger partial charge in [-0.05, 0) is 55.8 Å². The number of carbonyl (C=O) groups is 1. The van der Waals surface area contributed by atoms with Crippen molar-refractivity contribution in [3.05, 3.63) is 59.7 Å². The van der Waals surface area contributed by atoms with E-state index < -0.39 is 0 Å². The van der Waals surface area contributed by atoms with Crippen LogP contribution in [-0.2, 0) is 18.3 Å². The fourth-order valence-corrected chi connectivity index (χ4v) is 3.71. The van der Waals surface area contributed by atoms with Gasteiger partial charge in [0.25, 0.3) is 0 Å². The molecular formula is C21H28FN3O. The van der Waals surface area contributed by atoms with Gasteiger partial charge in [-0.1, -0.05) is 25.0 Å². The minimum Gasteiger partial charge on any atom is -0.354 e. The monoisotopic (exact) mass is 357 g/mol. The molecule has 0 saturated carbocycles. The normalized spacial score (nSPS) is 16.8. The van der Waals surface area contributed by atoms with Gasteiger partial charge in [0, 0.05) is 25.5 Å². The summed E-state index contributed by atoms with van der Waals surface area (Å²) in [6.07, 6.45) is 7.33. The van der Waals surface area contributed by atoms with E-state index in [2.05, 4.69) is 40.2 Å². The smallest absolute Gasteiger partial charge is 0.224 e. The zero-order valence-corrected chi connectivity index (χ0v) is 15.5. The molecule has 1 amide bonds. The van der Waals surface area contributed by atoms with Gasteiger partial charge >= 0.3 is 0 Å². The number of amides is 1. The van der Waals surface area contributed by atoms with E-state index in [0.29, 0.717) is 6.54 Å². The summed E-state index contributed by atoms with van der Waals surface area (Å²) in [7, 11) is 2.06. The molecule has 140 valence electrons. The predicted octanol–water partition coefficient (Wildman–Crippen LogP) is 3.44. The van der Waals surface area contributed by atoms with Crippen molar-refractivity contribution in [1.29, 1.82) is 0 Å². The highest BCUT2D eigenvalue weighted by atomic mass is 19.1. The van der Waals surface area contributed by atoms with Crippen LogP contribution in [0.15, 0.2) is 42.6 Å². The topological polar surface area (TPSA) is 37.3 Å². The lowest BCUT2D eigenvalue weighted by Crippen LogP contribution is -2.39. The summed E-state index contributed by atoms with van der Waals surface area (Å²) in [5.74, 6) is -0.301. The molecule has 0 bridgehead atoms. The van der Waals surface area contributed by atoms with Crippen molar-refractivity contribution in [1.82, 2.24) is 14.8 Å². The highest BCUT2D eigenvalue weighted by Crippen LogP contribution is 2.24. The van der Waals surface area contributed by atoms with Crippen molar-refractivity contribution in [3.8, 4) is 0 Å². The van der Waals surface area contributed by atoms with Crippen LogP contribution in [0.1, 0.15) is 43.0 Å². The maximum atomic E-state index is 13.0. The van der Waals surface area contributed by atoms with E-state index in [0.717, 1.165) is 18.7 Å². The van der Waals surface area contributed by atoms with Crippen LogP contribution in [0.3, 0.4) is 0 Å². The molecule has 0 aliphatic carbocycles. The number of halogens is 1. The molecule has 3 rings (SSSR count). The highest BCUT2D eigenvalue weighted by molar-refractivity contribution is 5.78. The lowest BCUT2D eigenvalue weighted by molar-refractivity contribution is -0.120. The summed E-state index contributed by atoms with van der Waals surface area (Å²) in [4.78, 5) is 14.9. The first kappa shape index (κ1) is 18.6. The van der Waals surface area contributed by atoms with Gasteiger partial charge in [0.1, 0.15) is 5.82 Å². The Labute approximate surface area is 155 Å². The lowest BCUT2D eigenvalue weighted by Gasteiger charge is -2.31. The Morgan fingerprint density at radius 1 is 1.12 bits per heavy atom. The third-order valence-corrected chi connectivity index (χ3v) is 5.18. The van der Waals surface area contributed by atoms with Gasteiger partial charge in [-0.2, -0.15) is 0 Å². The molecule has 2 aromatic rings. The molecule has 1 saturated heterocycles. The number of hydrogen-bond acceptors (Lipinski definition) is 2. The summed E-state index contributed by atoms with van der Waals surface area (Å²) >= 11 is 0. The summed E-state index contributed by atoms with van der Waals surface area (Å²) in [5, 5.41) is 3.09. The van der Waals surface area contributed by atoms with Crippen LogP contribution in [0.5, 0.6) is 0 Å². The van der Waals surface area contributed by atoms with E-state index in [1.165, 1.54) is 43.5 Å².